The predicted octanol–water partition coefficient (Wildman–Crippen LogP) is 6.94. The number of aryl methyl sites for hydroxylation is 1. The van der Waals surface area contributed by atoms with E-state index in [-0.39, 0.29) is 29.0 Å². The predicted molar refractivity (Wildman–Crippen MR) is 130 cm³/mol. The molecule has 35 heavy (non-hydrogen) atoms. The van der Waals surface area contributed by atoms with Gasteiger partial charge in [-0.15, -0.1) is 0 Å². The van der Waals surface area contributed by atoms with Crippen LogP contribution in [0.15, 0.2) is 29.3 Å². The van der Waals surface area contributed by atoms with Crippen LogP contribution >= 0.6 is 11.6 Å². The molecule has 0 saturated heterocycles. The van der Waals surface area contributed by atoms with Gasteiger partial charge in [0, 0.05) is 20.2 Å². The van der Waals surface area contributed by atoms with Crippen molar-refractivity contribution in [3.8, 4) is 11.3 Å². The number of aromatic nitrogens is 3. The molecule has 0 amide bonds. The summed E-state index contributed by atoms with van der Waals surface area (Å²) in [5.41, 5.74) is -0.0896. The fourth-order valence-electron chi connectivity index (χ4n) is 3.70. The van der Waals surface area contributed by atoms with Crippen LogP contribution in [0.3, 0.4) is 0 Å². The van der Waals surface area contributed by atoms with Crippen LogP contribution in [0.25, 0.3) is 11.3 Å². The minimum Gasteiger partial charge on any atom is -0.360 e. The summed E-state index contributed by atoms with van der Waals surface area (Å²) < 4.78 is 64.7. The molecule has 6 nitrogen and oxygen atoms in total. The first-order chi connectivity index (χ1) is 16.5. The van der Waals surface area contributed by atoms with Crippen LogP contribution in [0.5, 0.6) is 0 Å². The molecule has 1 aromatic carbocycles. The number of nitrogens with zero attached hydrogens (tertiary/aromatic N) is 4. The molecule has 1 aliphatic heterocycles. The molecule has 0 aliphatic carbocycles. The Labute approximate surface area is 206 Å². The van der Waals surface area contributed by atoms with E-state index in [1.165, 1.54) is 16.8 Å². The SMILES string of the molecule is Cc1nn(COCC[Si](C)(C)C)c2c1NC(c1c(F)cccc1F)=Nc1c-2cc(Cl)nc1C(F)F. The first kappa shape index (κ1) is 25.3. The van der Waals surface area contributed by atoms with Crippen molar-refractivity contribution in [3.63, 3.8) is 0 Å². The molecule has 0 fully saturated rings. The molecule has 1 aliphatic rings. The minimum atomic E-state index is -3.04. The molecule has 0 unspecified atom stereocenters. The van der Waals surface area contributed by atoms with E-state index < -0.39 is 37.4 Å². The Kier molecular flexibility index (Phi) is 7.03. The Bertz CT molecular complexity index is 1290. The van der Waals surface area contributed by atoms with Crippen molar-refractivity contribution in [1.29, 1.82) is 0 Å². The topological polar surface area (TPSA) is 64.3 Å². The fraction of sp³-hybridized carbons (Fsp3) is 0.348. The van der Waals surface area contributed by atoms with Crippen molar-refractivity contribution in [2.24, 2.45) is 4.99 Å². The number of ether oxygens (including phenoxy) is 1. The summed E-state index contributed by atoms with van der Waals surface area (Å²) >= 11 is 6.10. The molecule has 0 saturated carbocycles. The van der Waals surface area contributed by atoms with E-state index in [0.29, 0.717) is 23.7 Å². The largest absolute Gasteiger partial charge is 0.360 e. The van der Waals surface area contributed by atoms with Crippen molar-refractivity contribution >= 4 is 36.9 Å². The van der Waals surface area contributed by atoms with Gasteiger partial charge in [0.15, 0.2) is 0 Å². The second-order valence-electron chi connectivity index (χ2n) is 9.37. The van der Waals surface area contributed by atoms with Gasteiger partial charge >= 0.3 is 0 Å². The number of fused-ring (bicyclic) bond motifs is 3. The summed E-state index contributed by atoms with van der Waals surface area (Å²) in [6.07, 6.45) is -3.04. The Morgan fingerprint density at radius 1 is 1.17 bits per heavy atom. The normalized spacial score (nSPS) is 13.3. The number of halogens is 5. The zero-order valence-electron chi connectivity index (χ0n) is 19.6. The van der Waals surface area contributed by atoms with Crippen LogP contribution in [-0.2, 0) is 11.5 Å². The van der Waals surface area contributed by atoms with Gasteiger partial charge in [-0.05, 0) is 31.2 Å². The van der Waals surface area contributed by atoms with Crippen molar-refractivity contribution in [1.82, 2.24) is 14.8 Å². The van der Waals surface area contributed by atoms with Gasteiger partial charge in [-0.3, -0.25) is 0 Å². The molecular formula is C23H24ClF4N5OSi. The Balaban J connectivity index is 1.89. The highest BCUT2D eigenvalue weighted by Crippen LogP contribution is 2.45. The number of hydrogen-bond acceptors (Lipinski definition) is 5. The number of pyridine rings is 1. The fourth-order valence-corrected chi connectivity index (χ4v) is 4.66. The first-order valence-electron chi connectivity index (χ1n) is 10.9. The van der Waals surface area contributed by atoms with Gasteiger partial charge in [-0.25, -0.2) is 32.2 Å². The van der Waals surface area contributed by atoms with Crippen LogP contribution in [-0.4, -0.2) is 35.3 Å². The molecule has 186 valence electrons. The van der Waals surface area contributed by atoms with E-state index in [2.05, 4.69) is 40.0 Å². The third kappa shape index (κ3) is 5.26. The molecule has 3 aromatic rings. The van der Waals surface area contributed by atoms with Gasteiger partial charge in [-0.2, -0.15) is 5.10 Å². The lowest BCUT2D eigenvalue weighted by molar-refractivity contribution is 0.0796. The second kappa shape index (κ2) is 9.71. The molecule has 0 radical (unpaired) electrons. The molecule has 0 bridgehead atoms. The number of anilines is 1. The minimum absolute atomic E-state index is 0.0368. The van der Waals surface area contributed by atoms with Crippen LogP contribution in [0.2, 0.25) is 30.8 Å². The van der Waals surface area contributed by atoms with Crippen LogP contribution in [0.1, 0.15) is 23.4 Å². The number of alkyl halides is 2. The van der Waals surface area contributed by atoms with Crippen LogP contribution in [0.4, 0.5) is 28.9 Å². The average molecular weight is 526 g/mol. The molecule has 4 rings (SSSR count). The summed E-state index contributed by atoms with van der Waals surface area (Å²) in [6.45, 7) is 8.90. The zero-order chi connectivity index (χ0) is 25.5. The highest BCUT2D eigenvalue weighted by Gasteiger charge is 2.31. The van der Waals surface area contributed by atoms with Crippen LogP contribution < -0.4 is 5.32 Å². The molecule has 0 spiro atoms. The van der Waals surface area contributed by atoms with E-state index in [9.17, 15) is 17.6 Å². The van der Waals surface area contributed by atoms with Crippen molar-refractivity contribution in [3.05, 3.63) is 58.0 Å². The molecule has 12 heteroatoms. The van der Waals surface area contributed by atoms with Gasteiger partial charge in [0.2, 0.25) is 0 Å². The van der Waals surface area contributed by atoms with E-state index >= 15 is 0 Å². The lowest BCUT2D eigenvalue weighted by atomic mass is 10.1. The Morgan fingerprint density at radius 3 is 2.49 bits per heavy atom. The lowest BCUT2D eigenvalue weighted by Crippen LogP contribution is -2.22. The van der Waals surface area contributed by atoms with E-state index in [0.717, 1.165) is 18.2 Å². The maximum Gasteiger partial charge on any atom is 0.282 e. The average Bonchev–Trinajstić information content (AvgIpc) is 2.95. The number of amidine groups is 1. The zero-order valence-corrected chi connectivity index (χ0v) is 21.4. The molecule has 2 aromatic heterocycles. The molecule has 0 atom stereocenters. The van der Waals surface area contributed by atoms with E-state index in [1.54, 1.807) is 6.92 Å². The Hall–Kier alpha value is -2.76. The van der Waals surface area contributed by atoms with E-state index in [4.69, 9.17) is 16.3 Å². The summed E-state index contributed by atoms with van der Waals surface area (Å²) in [5.74, 6) is -2.09. The highest BCUT2D eigenvalue weighted by molar-refractivity contribution is 6.76. The summed E-state index contributed by atoms with van der Waals surface area (Å²) in [4.78, 5) is 7.99. The smallest absolute Gasteiger partial charge is 0.282 e. The Morgan fingerprint density at radius 2 is 1.86 bits per heavy atom. The van der Waals surface area contributed by atoms with Gasteiger partial charge in [0.25, 0.3) is 6.43 Å². The van der Waals surface area contributed by atoms with Gasteiger partial charge in [0.1, 0.15) is 40.7 Å². The maximum absolute atomic E-state index is 14.7. The summed E-state index contributed by atoms with van der Waals surface area (Å²) in [5, 5.41) is 7.23. The molecule has 1 N–H and O–H groups in total. The monoisotopic (exact) mass is 525 g/mol. The standard InChI is InChI=1S/C23H24ClF4N5OSi/c1-12-18-21(33(32-12)11-34-8-9-35(2,3)4)13-10-16(24)29-20(22(27)28)19(13)31-23(30-18)17-14(25)6-5-7-15(17)26/h5-7,10,22H,8-9,11H2,1-4H3,(H,30,31). The van der Waals surface area contributed by atoms with Gasteiger partial charge in [0.05, 0.1) is 22.6 Å². The van der Waals surface area contributed by atoms with Crippen molar-refractivity contribution in [2.45, 2.75) is 45.8 Å². The quantitative estimate of drug-likeness (QED) is 0.157. The highest BCUT2D eigenvalue weighted by atomic mass is 35.5. The van der Waals surface area contributed by atoms with Crippen molar-refractivity contribution < 1.29 is 22.3 Å². The second-order valence-corrected chi connectivity index (χ2v) is 15.4. The lowest BCUT2D eigenvalue weighted by Gasteiger charge is -2.16. The number of benzene rings is 1. The van der Waals surface area contributed by atoms with E-state index in [1.807, 2.05) is 0 Å². The number of rotatable bonds is 7. The van der Waals surface area contributed by atoms with Crippen LogP contribution in [0, 0.1) is 18.6 Å². The number of aliphatic imine (C=N–C) groups is 1. The summed E-state index contributed by atoms with van der Waals surface area (Å²) in [6, 6.07) is 5.64. The summed E-state index contributed by atoms with van der Waals surface area (Å²) in [7, 11) is -1.33. The maximum atomic E-state index is 14.7. The number of hydrogen-bond donors (Lipinski definition) is 1. The molecule has 3 heterocycles. The third-order valence-corrected chi connectivity index (χ3v) is 7.35. The van der Waals surface area contributed by atoms with Gasteiger partial charge in [-0.1, -0.05) is 37.3 Å². The first-order valence-corrected chi connectivity index (χ1v) is 15.0. The van der Waals surface area contributed by atoms with Gasteiger partial charge < -0.3 is 10.1 Å². The third-order valence-electron chi connectivity index (χ3n) is 5.45. The molecular weight excluding hydrogens is 502 g/mol. The number of nitrogens with one attached hydrogen (secondary N) is 1. The van der Waals surface area contributed by atoms with Crippen molar-refractivity contribution in [2.75, 3.05) is 11.9 Å².